The number of benzene rings is 1. The molecule has 2 N–H and O–H groups in total. The predicted octanol–water partition coefficient (Wildman–Crippen LogP) is 1.21. The van der Waals surface area contributed by atoms with Crippen molar-refractivity contribution in [3.63, 3.8) is 0 Å². The number of hydrogen-bond acceptors (Lipinski definition) is 6. The van der Waals surface area contributed by atoms with E-state index in [-0.39, 0.29) is 35.3 Å². The summed E-state index contributed by atoms with van der Waals surface area (Å²) in [6.07, 6.45) is 3.04. The van der Waals surface area contributed by atoms with Crippen LogP contribution in [0.15, 0.2) is 30.3 Å². The number of hydrogen-bond donors (Lipinski definition) is 2. The molecule has 0 spiro atoms. The Labute approximate surface area is 182 Å². The first kappa shape index (κ1) is 21.5. The Hall–Kier alpha value is -2.78. The van der Waals surface area contributed by atoms with E-state index in [2.05, 4.69) is 50.1 Å². The number of amides is 2. The first-order chi connectivity index (χ1) is 15.1. The largest absolute Gasteiger partial charge is 0.378 e. The molecule has 1 aromatic heterocycles. The summed E-state index contributed by atoms with van der Waals surface area (Å²) in [6.45, 7) is 6.53. The molecular weight excluding hydrogens is 396 g/mol. The van der Waals surface area contributed by atoms with Crippen LogP contribution in [-0.4, -0.2) is 70.1 Å². The average Bonchev–Trinajstić information content (AvgIpc) is 3.19. The second-order valence-electron chi connectivity index (χ2n) is 8.28. The van der Waals surface area contributed by atoms with Gasteiger partial charge < -0.3 is 15.4 Å². The Bertz CT molecular complexity index is 892. The lowest BCUT2D eigenvalue weighted by Crippen LogP contribution is -2.43. The number of aromatic nitrogens is 3. The minimum Gasteiger partial charge on any atom is -0.378 e. The third kappa shape index (κ3) is 5.48. The Morgan fingerprint density at radius 1 is 1.26 bits per heavy atom. The molecule has 0 bridgehead atoms. The van der Waals surface area contributed by atoms with E-state index in [1.807, 2.05) is 13.0 Å². The highest BCUT2D eigenvalue weighted by atomic mass is 16.5. The fourth-order valence-corrected chi connectivity index (χ4v) is 4.10. The van der Waals surface area contributed by atoms with Crippen LogP contribution in [-0.2, 0) is 17.8 Å². The molecule has 166 valence electrons. The highest BCUT2D eigenvalue weighted by molar-refractivity contribution is 6.05. The quantitative estimate of drug-likeness (QED) is 0.616. The highest BCUT2D eigenvalue weighted by Crippen LogP contribution is 2.16. The van der Waals surface area contributed by atoms with Gasteiger partial charge in [0.05, 0.1) is 12.6 Å². The lowest BCUT2D eigenvalue weighted by atomic mass is 10.1. The standard InChI is InChI=1S/C22H30N6O3/c1-16-14-28-20(22(30)24-16)19(25-26-28)21(29)23-10-5-13-31-18-8-11-27(12-9-18)15-17-6-3-2-4-7-17/h2-4,6-7,16,18H,5,8-15H2,1H3,(H,23,29)(H,24,30)/t16-/m0/s1. The Balaban J connectivity index is 1.13. The SMILES string of the molecule is C[C@H]1Cn2nnc(C(=O)NCCCOC3CCN(Cc4ccccc4)CC3)c2C(=O)N1. The van der Waals surface area contributed by atoms with Crippen LogP contribution in [0.4, 0.5) is 0 Å². The number of carbonyl (C=O) groups excluding carboxylic acids is 2. The van der Waals surface area contributed by atoms with Gasteiger partial charge in [-0.15, -0.1) is 5.10 Å². The second-order valence-corrected chi connectivity index (χ2v) is 8.28. The average molecular weight is 427 g/mol. The zero-order valence-electron chi connectivity index (χ0n) is 17.9. The third-order valence-corrected chi connectivity index (χ3v) is 5.73. The van der Waals surface area contributed by atoms with Gasteiger partial charge in [-0.25, -0.2) is 4.68 Å². The Kier molecular flexibility index (Phi) is 6.93. The summed E-state index contributed by atoms with van der Waals surface area (Å²) in [5, 5.41) is 13.4. The highest BCUT2D eigenvalue weighted by Gasteiger charge is 2.30. The summed E-state index contributed by atoms with van der Waals surface area (Å²) in [5.41, 5.74) is 1.66. The molecule has 1 saturated heterocycles. The molecule has 0 unspecified atom stereocenters. The van der Waals surface area contributed by atoms with E-state index in [1.54, 1.807) is 0 Å². The van der Waals surface area contributed by atoms with E-state index in [9.17, 15) is 9.59 Å². The fraction of sp³-hybridized carbons (Fsp3) is 0.545. The molecule has 3 heterocycles. The molecule has 2 amide bonds. The summed E-state index contributed by atoms with van der Waals surface area (Å²) < 4.78 is 7.49. The number of rotatable bonds is 8. The first-order valence-corrected chi connectivity index (χ1v) is 11.0. The number of ether oxygens (including phenoxy) is 1. The minimum atomic E-state index is -0.375. The number of likely N-dealkylation sites (tertiary alicyclic amines) is 1. The van der Waals surface area contributed by atoms with E-state index in [0.717, 1.165) is 32.5 Å². The minimum absolute atomic E-state index is 0.0278. The van der Waals surface area contributed by atoms with Crippen LogP contribution >= 0.6 is 0 Å². The molecule has 31 heavy (non-hydrogen) atoms. The molecule has 9 heteroatoms. The van der Waals surface area contributed by atoms with Crippen molar-refractivity contribution in [1.29, 1.82) is 0 Å². The van der Waals surface area contributed by atoms with E-state index < -0.39 is 0 Å². The van der Waals surface area contributed by atoms with Crippen molar-refractivity contribution in [2.75, 3.05) is 26.2 Å². The van der Waals surface area contributed by atoms with Crippen LogP contribution in [0.25, 0.3) is 0 Å². The monoisotopic (exact) mass is 426 g/mol. The first-order valence-electron chi connectivity index (χ1n) is 11.0. The lowest BCUT2D eigenvalue weighted by Gasteiger charge is -2.32. The van der Waals surface area contributed by atoms with Crippen molar-refractivity contribution in [3.05, 3.63) is 47.3 Å². The normalized spacial score (nSPS) is 19.6. The van der Waals surface area contributed by atoms with Crippen molar-refractivity contribution < 1.29 is 14.3 Å². The summed E-state index contributed by atoms with van der Waals surface area (Å²) in [7, 11) is 0. The van der Waals surface area contributed by atoms with Crippen LogP contribution in [0, 0.1) is 0 Å². The van der Waals surface area contributed by atoms with Crippen LogP contribution in [0.2, 0.25) is 0 Å². The molecule has 1 atom stereocenters. The fourth-order valence-electron chi connectivity index (χ4n) is 4.10. The van der Waals surface area contributed by atoms with Crippen LogP contribution < -0.4 is 10.6 Å². The van der Waals surface area contributed by atoms with Crippen LogP contribution in [0.3, 0.4) is 0 Å². The second kappa shape index (κ2) is 10.0. The van der Waals surface area contributed by atoms with Gasteiger partial charge in [0.25, 0.3) is 11.8 Å². The van der Waals surface area contributed by atoms with Crippen molar-refractivity contribution in [2.24, 2.45) is 0 Å². The lowest BCUT2D eigenvalue weighted by molar-refractivity contribution is 0.00514. The van der Waals surface area contributed by atoms with Gasteiger partial charge in [0, 0.05) is 38.8 Å². The molecule has 0 aliphatic carbocycles. The van der Waals surface area contributed by atoms with Crippen molar-refractivity contribution in [2.45, 2.75) is 51.4 Å². The van der Waals surface area contributed by atoms with Gasteiger partial charge >= 0.3 is 0 Å². The van der Waals surface area contributed by atoms with E-state index in [1.165, 1.54) is 10.2 Å². The molecule has 2 aliphatic rings. The molecule has 1 fully saturated rings. The zero-order valence-corrected chi connectivity index (χ0v) is 17.9. The molecule has 9 nitrogen and oxygen atoms in total. The maximum atomic E-state index is 12.4. The molecule has 4 rings (SSSR count). The molecule has 0 radical (unpaired) electrons. The zero-order chi connectivity index (χ0) is 21.6. The van der Waals surface area contributed by atoms with Gasteiger partial charge in [0.2, 0.25) is 0 Å². The number of nitrogens with one attached hydrogen (secondary N) is 2. The maximum absolute atomic E-state index is 12.4. The molecule has 2 aromatic rings. The maximum Gasteiger partial charge on any atom is 0.274 e. The summed E-state index contributed by atoms with van der Waals surface area (Å²) >= 11 is 0. The molecule has 0 saturated carbocycles. The van der Waals surface area contributed by atoms with E-state index >= 15 is 0 Å². The Morgan fingerprint density at radius 2 is 2.03 bits per heavy atom. The Morgan fingerprint density at radius 3 is 2.81 bits per heavy atom. The topological polar surface area (TPSA) is 101 Å². The molecule has 2 aliphatic heterocycles. The van der Waals surface area contributed by atoms with Crippen molar-refractivity contribution in [3.8, 4) is 0 Å². The summed E-state index contributed by atoms with van der Waals surface area (Å²) in [6, 6.07) is 10.5. The predicted molar refractivity (Wildman–Crippen MR) is 115 cm³/mol. The number of nitrogens with zero attached hydrogens (tertiary/aromatic N) is 4. The van der Waals surface area contributed by atoms with Gasteiger partial charge in [-0.3, -0.25) is 14.5 Å². The van der Waals surface area contributed by atoms with Gasteiger partial charge in [0.1, 0.15) is 0 Å². The van der Waals surface area contributed by atoms with Gasteiger partial charge in [-0.1, -0.05) is 35.5 Å². The smallest absolute Gasteiger partial charge is 0.274 e. The van der Waals surface area contributed by atoms with E-state index in [4.69, 9.17) is 4.74 Å². The van der Waals surface area contributed by atoms with Crippen molar-refractivity contribution in [1.82, 2.24) is 30.5 Å². The van der Waals surface area contributed by atoms with E-state index in [0.29, 0.717) is 26.1 Å². The number of carbonyl (C=O) groups is 2. The molecular formula is C22H30N6O3. The molecule has 1 aromatic carbocycles. The number of fused-ring (bicyclic) bond motifs is 1. The van der Waals surface area contributed by atoms with Gasteiger partial charge in [-0.2, -0.15) is 0 Å². The summed E-state index contributed by atoms with van der Waals surface area (Å²) in [4.78, 5) is 27.0. The van der Waals surface area contributed by atoms with Crippen molar-refractivity contribution >= 4 is 11.8 Å². The van der Waals surface area contributed by atoms with Crippen LogP contribution in [0.5, 0.6) is 0 Å². The third-order valence-electron chi connectivity index (χ3n) is 5.73. The van der Waals surface area contributed by atoms with Gasteiger partial charge in [0.15, 0.2) is 11.4 Å². The van der Waals surface area contributed by atoms with Crippen LogP contribution in [0.1, 0.15) is 52.7 Å². The van der Waals surface area contributed by atoms with Gasteiger partial charge in [-0.05, 0) is 31.7 Å². The number of piperidine rings is 1. The summed E-state index contributed by atoms with van der Waals surface area (Å²) in [5.74, 6) is -0.684.